The molecule has 0 aliphatic carbocycles. The minimum atomic E-state index is -1.04. The molecule has 0 aliphatic rings. The Bertz CT molecular complexity index is 727. The zero-order valence-electron chi connectivity index (χ0n) is 13.8. The number of aliphatic carboxylic acids is 1. The summed E-state index contributed by atoms with van der Waals surface area (Å²) in [5, 5.41) is 11.6. The lowest BCUT2D eigenvalue weighted by Crippen LogP contribution is -2.40. The van der Waals surface area contributed by atoms with E-state index in [9.17, 15) is 9.59 Å². The number of hydrogen-bond donors (Lipinski definition) is 2. The highest BCUT2D eigenvalue weighted by Crippen LogP contribution is 2.30. The SMILES string of the molecule is CCOc1ccccc1-c1cccc(C(=O)NC(CC)C(=O)O)c1. The monoisotopic (exact) mass is 327 g/mol. The van der Waals surface area contributed by atoms with Gasteiger partial charge in [0.05, 0.1) is 6.61 Å². The fourth-order valence-electron chi connectivity index (χ4n) is 2.39. The van der Waals surface area contributed by atoms with Crippen LogP contribution in [0.15, 0.2) is 48.5 Å². The molecule has 0 aliphatic heterocycles. The summed E-state index contributed by atoms with van der Waals surface area (Å²) in [5.41, 5.74) is 2.15. The van der Waals surface area contributed by atoms with E-state index in [0.717, 1.165) is 16.9 Å². The highest BCUT2D eigenvalue weighted by Gasteiger charge is 2.19. The lowest BCUT2D eigenvalue weighted by molar-refractivity contribution is -0.139. The van der Waals surface area contributed by atoms with Crippen molar-refractivity contribution in [2.75, 3.05) is 6.61 Å². The molecule has 0 bridgehead atoms. The van der Waals surface area contributed by atoms with Crippen LogP contribution in [0.3, 0.4) is 0 Å². The van der Waals surface area contributed by atoms with Crippen molar-refractivity contribution in [2.24, 2.45) is 0 Å². The van der Waals surface area contributed by atoms with E-state index in [1.54, 1.807) is 25.1 Å². The first-order valence-corrected chi connectivity index (χ1v) is 7.92. The number of hydrogen-bond acceptors (Lipinski definition) is 3. The molecule has 2 aromatic carbocycles. The van der Waals surface area contributed by atoms with E-state index < -0.39 is 17.9 Å². The normalized spacial score (nSPS) is 11.6. The molecule has 1 amide bonds. The van der Waals surface area contributed by atoms with E-state index in [1.807, 2.05) is 37.3 Å². The topological polar surface area (TPSA) is 75.6 Å². The summed E-state index contributed by atoms with van der Waals surface area (Å²) < 4.78 is 5.63. The zero-order valence-corrected chi connectivity index (χ0v) is 13.8. The summed E-state index contributed by atoms with van der Waals surface area (Å²) in [6.07, 6.45) is 0.327. The van der Waals surface area contributed by atoms with Crippen LogP contribution in [0, 0.1) is 0 Å². The van der Waals surface area contributed by atoms with Crippen molar-refractivity contribution in [3.63, 3.8) is 0 Å². The Morgan fingerprint density at radius 2 is 1.88 bits per heavy atom. The number of ether oxygens (including phenoxy) is 1. The summed E-state index contributed by atoms with van der Waals surface area (Å²) in [7, 11) is 0. The number of carboxylic acids is 1. The van der Waals surface area contributed by atoms with Crippen molar-refractivity contribution >= 4 is 11.9 Å². The number of amides is 1. The van der Waals surface area contributed by atoms with Gasteiger partial charge in [-0.1, -0.05) is 37.3 Å². The van der Waals surface area contributed by atoms with E-state index >= 15 is 0 Å². The average Bonchev–Trinajstić information content (AvgIpc) is 2.60. The third-order valence-electron chi connectivity index (χ3n) is 3.63. The van der Waals surface area contributed by atoms with Crippen LogP contribution < -0.4 is 10.1 Å². The molecule has 1 unspecified atom stereocenters. The maximum Gasteiger partial charge on any atom is 0.326 e. The molecule has 0 saturated carbocycles. The Balaban J connectivity index is 2.29. The smallest absolute Gasteiger partial charge is 0.326 e. The van der Waals surface area contributed by atoms with Crippen molar-refractivity contribution in [1.82, 2.24) is 5.32 Å². The maximum absolute atomic E-state index is 12.3. The van der Waals surface area contributed by atoms with Crippen LogP contribution in [0.25, 0.3) is 11.1 Å². The molecule has 1 atom stereocenters. The number of benzene rings is 2. The van der Waals surface area contributed by atoms with E-state index in [1.165, 1.54) is 0 Å². The van der Waals surface area contributed by atoms with Crippen LogP contribution in [0.5, 0.6) is 5.75 Å². The predicted molar refractivity (Wildman–Crippen MR) is 92.2 cm³/mol. The van der Waals surface area contributed by atoms with Gasteiger partial charge < -0.3 is 15.2 Å². The number of carbonyl (C=O) groups is 2. The van der Waals surface area contributed by atoms with Gasteiger partial charge in [0.15, 0.2) is 0 Å². The van der Waals surface area contributed by atoms with Gasteiger partial charge in [0.2, 0.25) is 0 Å². The fourth-order valence-corrected chi connectivity index (χ4v) is 2.39. The lowest BCUT2D eigenvalue weighted by Gasteiger charge is -2.14. The molecule has 0 heterocycles. The minimum Gasteiger partial charge on any atom is -0.493 e. The molecule has 24 heavy (non-hydrogen) atoms. The Morgan fingerprint density at radius 3 is 2.54 bits per heavy atom. The summed E-state index contributed by atoms with van der Waals surface area (Å²) in [6.45, 7) is 4.18. The highest BCUT2D eigenvalue weighted by atomic mass is 16.5. The van der Waals surface area contributed by atoms with E-state index in [-0.39, 0.29) is 0 Å². The van der Waals surface area contributed by atoms with Crippen molar-refractivity contribution in [3.05, 3.63) is 54.1 Å². The average molecular weight is 327 g/mol. The molecular weight excluding hydrogens is 306 g/mol. The fraction of sp³-hybridized carbons (Fsp3) is 0.263. The lowest BCUT2D eigenvalue weighted by atomic mass is 10.0. The van der Waals surface area contributed by atoms with E-state index in [2.05, 4.69) is 5.32 Å². The number of carbonyl (C=O) groups excluding carboxylic acids is 1. The number of carboxylic acid groups (broad SMARTS) is 1. The second kappa shape index (κ2) is 8.15. The quantitative estimate of drug-likeness (QED) is 0.818. The van der Waals surface area contributed by atoms with Gasteiger partial charge in [-0.25, -0.2) is 4.79 Å². The third kappa shape index (κ3) is 4.13. The molecule has 0 radical (unpaired) electrons. The van der Waals surface area contributed by atoms with Crippen molar-refractivity contribution in [1.29, 1.82) is 0 Å². The van der Waals surface area contributed by atoms with Crippen LogP contribution in [0.1, 0.15) is 30.6 Å². The molecule has 0 saturated heterocycles. The number of nitrogens with one attached hydrogen (secondary N) is 1. The second-order valence-corrected chi connectivity index (χ2v) is 5.28. The van der Waals surface area contributed by atoms with Crippen LogP contribution in [0.2, 0.25) is 0 Å². The van der Waals surface area contributed by atoms with Crippen molar-refractivity contribution in [3.8, 4) is 16.9 Å². The molecule has 2 N–H and O–H groups in total. The zero-order chi connectivity index (χ0) is 17.5. The summed E-state index contributed by atoms with van der Waals surface area (Å²) >= 11 is 0. The first-order valence-electron chi connectivity index (χ1n) is 7.92. The first kappa shape index (κ1) is 17.5. The molecule has 0 spiro atoms. The highest BCUT2D eigenvalue weighted by molar-refractivity contribution is 5.97. The van der Waals surface area contributed by atoms with Gasteiger partial charge in [-0.2, -0.15) is 0 Å². The Morgan fingerprint density at radius 1 is 1.12 bits per heavy atom. The summed E-state index contributed by atoms with van der Waals surface area (Å²) in [5.74, 6) is -0.696. The van der Waals surface area contributed by atoms with Crippen LogP contribution in [-0.2, 0) is 4.79 Å². The van der Waals surface area contributed by atoms with Gasteiger partial charge >= 0.3 is 5.97 Å². The van der Waals surface area contributed by atoms with Gasteiger partial charge in [-0.3, -0.25) is 4.79 Å². The molecule has 5 heteroatoms. The van der Waals surface area contributed by atoms with Gasteiger partial charge in [-0.05, 0) is 37.1 Å². The third-order valence-corrected chi connectivity index (χ3v) is 3.63. The molecule has 2 rings (SSSR count). The minimum absolute atomic E-state index is 0.327. The van der Waals surface area contributed by atoms with E-state index in [0.29, 0.717) is 18.6 Å². The summed E-state index contributed by atoms with van der Waals surface area (Å²) in [6, 6.07) is 13.8. The Hall–Kier alpha value is -2.82. The molecular formula is C19H21NO4. The maximum atomic E-state index is 12.3. The van der Waals surface area contributed by atoms with Gasteiger partial charge in [-0.15, -0.1) is 0 Å². The Kier molecular flexibility index (Phi) is 5.95. The molecule has 126 valence electrons. The molecule has 0 aromatic heterocycles. The molecule has 5 nitrogen and oxygen atoms in total. The van der Waals surface area contributed by atoms with E-state index in [4.69, 9.17) is 9.84 Å². The van der Waals surface area contributed by atoms with Gasteiger partial charge in [0, 0.05) is 11.1 Å². The second-order valence-electron chi connectivity index (χ2n) is 5.28. The van der Waals surface area contributed by atoms with Crippen LogP contribution in [0.4, 0.5) is 0 Å². The van der Waals surface area contributed by atoms with Gasteiger partial charge in [0.25, 0.3) is 5.91 Å². The standard InChI is InChI=1S/C19H21NO4/c1-3-16(19(22)23)20-18(21)14-9-7-8-13(12-14)15-10-5-6-11-17(15)24-4-2/h5-12,16H,3-4H2,1-2H3,(H,20,21)(H,22,23). The largest absolute Gasteiger partial charge is 0.493 e. The number of para-hydroxylation sites is 1. The summed E-state index contributed by atoms with van der Waals surface area (Å²) in [4.78, 5) is 23.4. The Labute approximate surface area is 141 Å². The predicted octanol–water partition coefficient (Wildman–Crippen LogP) is 3.35. The van der Waals surface area contributed by atoms with Crippen LogP contribution in [-0.4, -0.2) is 29.6 Å². The number of rotatable bonds is 7. The van der Waals surface area contributed by atoms with Crippen LogP contribution >= 0.6 is 0 Å². The first-order chi connectivity index (χ1) is 11.6. The van der Waals surface area contributed by atoms with Gasteiger partial charge in [0.1, 0.15) is 11.8 Å². The van der Waals surface area contributed by atoms with Crippen molar-refractivity contribution < 1.29 is 19.4 Å². The van der Waals surface area contributed by atoms with Crippen molar-refractivity contribution in [2.45, 2.75) is 26.3 Å². The molecule has 0 fully saturated rings. The molecule has 2 aromatic rings.